The zero-order valence-electron chi connectivity index (χ0n) is 16.4. The van der Waals surface area contributed by atoms with Crippen molar-refractivity contribution in [2.24, 2.45) is 0 Å². The van der Waals surface area contributed by atoms with Crippen molar-refractivity contribution in [3.05, 3.63) is 94.5 Å². The van der Waals surface area contributed by atoms with Crippen molar-refractivity contribution in [1.82, 2.24) is 0 Å². The third-order valence-corrected chi connectivity index (χ3v) is 4.89. The number of nitriles is 1. The Hall–Kier alpha value is -3.62. The quantitative estimate of drug-likeness (QED) is 0.548. The highest BCUT2D eigenvalue weighted by molar-refractivity contribution is 6.32. The van der Waals surface area contributed by atoms with Crippen molar-refractivity contribution in [3.8, 4) is 6.07 Å². The Morgan fingerprint density at radius 1 is 0.967 bits per heavy atom. The Morgan fingerprint density at radius 2 is 1.70 bits per heavy atom. The number of amides is 2. The van der Waals surface area contributed by atoms with Gasteiger partial charge in [-0.15, -0.1) is 0 Å². The lowest BCUT2D eigenvalue weighted by Gasteiger charge is -2.14. The molecule has 3 aromatic rings. The number of nitrogens with zero attached hydrogens (tertiary/aromatic N) is 1. The van der Waals surface area contributed by atoms with Crippen LogP contribution >= 0.6 is 11.6 Å². The number of nitrogens with one attached hydrogen (secondary N) is 2. The summed E-state index contributed by atoms with van der Waals surface area (Å²) in [5.41, 5.74) is 3.00. The average molecular weight is 418 g/mol. The molecule has 0 spiro atoms. The third kappa shape index (κ3) is 5.05. The van der Waals surface area contributed by atoms with Crippen LogP contribution in [0.3, 0.4) is 0 Å². The van der Waals surface area contributed by atoms with Crippen molar-refractivity contribution in [2.75, 3.05) is 10.6 Å². The number of anilines is 2. The number of hydrogen-bond acceptors (Lipinski definition) is 3. The largest absolute Gasteiger partial charge is 0.326 e. The van der Waals surface area contributed by atoms with E-state index in [0.29, 0.717) is 33.9 Å². The SMILES string of the molecule is CCC(=O)Nc1cccc(C(=O)Nc2ccc(C(C#N)c3ccccc3)c(Cl)c2)c1. The van der Waals surface area contributed by atoms with Crippen molar-refractivity contribution >= 4 is 34.8 Å². The first-order chi connectivity index (χ1) is 14.5. The molecule has 30 heavy (non-hydrogen) atoms. The third-order valence-electron chi connectivity index (χ3n) is 4.56. The van der Waals surface area contributed by atoms with Gasteiger partial charge in [0.2, 0.25) is 5.91 Å². The molecule has 3 rings (SSSR count). The Morgan fingerprint density at radius 3 is 2.37 bits per heavy atom. The summed E-state index contributed by atoms with van der Waals surface area (Å²) < 4.78 is 0. The van der Waals surface area contributed by atoms with Gasteiger partial charge in [0.25, 0.3) is 5.91 Å². The summed E-state index contributed by atoms with van der Waals surface area (Å²) in [5, 5.41) is 15.5. The predicted octanol–water partition coefficient (Wildman–Crippen LogP) is 5.60. The van der Waals surface area contributed by atoms with Gasteiger partial charge in [0.1, 0.15) is 0 Å². The van der Waals surface area contributed by atoms with Crippen LogP contribution in [0.1, 0.15) is 40.7 Å². The van der Waals surface area contributed by atoms with Gasteiger partial charge < -0.3 is 10.6 Å². The van der Waals surface area contributed by atoms with Crippen LogP contribution in [0.5, 0.6) is 0 Å². The van der Waals surface area contributed by atoms with Gasteiger partial charge >= 0.3 is 0 Å². The second kappa shape index (κ2) is 9.73. The lowest BCUT2D eigenvalue weighted by molar-refractivity contribution is -0.115. The summed E-state index contributed by atoms with van der Waals surface area (Å²) in [6.07, 6.45) is 0.355. The van der Waals surface area contributed by atoms with E-state index in [2.05, 4.69) is 16.7 Å². The fraction of sp³-hybridized carbons (Fsp3) is 0.125. The van der Waals surface area contributed by atoms with E-state index >= 15 is 0 Å². The molecule has 2 amide bonds. The number of benzene rings is 3. The summed E-state index contributed by atoms with van der Waals surface area (Å²) >= 11 is 6.43. The standard InChI is InChI=1S/C24H20ClN3O2/c1-2-23(29)27-18-10-6-9-17(13-18)24(30)28-19-11-12-20(22(25)14-19)21(15-26)16-7-4-3-5-8-16/h3-14,21H,2H2,1H3,(H,27,29)(H,28,30). The minimum absolute atomic E-state index is 0.125. The Labute approximate surface area is 180 Å². The van der Waals surface area contributed by atoms with E-state index in [1.165, 1.54) is 0 Å². The Balaban J connectivity index is 1.77. The number of hydrogen-bond donors (Lipinski definition) is 2. The van der Waals surface area contributed by atoms with Crippen molar-refractivity contribution < 1.29 is 9.59 Å². The molecule has 0 bridgehead atoms. The highest BCUT2D eigenvalue weighted by Gasteiger charge is 2.17. The molecule has 0 heterocycles. The molecule has 6 heteroatoms. The highest BCUT2D eigenvalue weighted by Crippen LogP contribution is 2.32. The number of carbonyl (C=O) groups excluding carboxylic acids is 2. The van der Waals surface area contributed by atoms with Crippen LogP contribution in [0.4, 0.5) is 11.4 Å². The molecule has 150 valence electrons. The van der Waals surface area contributed by atoms with Gasteiger partial charge in [-0.2, -0.15) is 5.26 Å². The minimum Gasteiger partial charge on any atom is -0.326 e. The predicted molar refractivity (Wildman–Crippen MR) is 119 cm³/mol. The molecule has 2 N–H and O–H groups in total. The van der Waals surface area contributed by atoms with Crippen LogP contribution in [0.25, 0.3) is 0 Å². The molecular formula is C24H20ClN3O2. The topological polar surface area (TPSA) is 82.0 Å². The van der Waals surface area contributed by atoms with Crippen LogP contribution in [0.2, 0.25) is 5.02 Å². The fourth-order valence-electron chi connectivity index (χ4n) is 3.00. The molecule has 1 unspecified atom stereocenters. The first-order valence-electron chi connectivity index (χ1n) is 9.47. The van der Waals surface area contributed by atoms with Gasteiger partial charge in [0, 0.05) is 28.4 Å². The molecule has 1 atom stereocenters. The van der Waals surface area contributed by atoms with E-state index in [1.54, 1.807) is 49.4 Å². The van der Waals surface area contributed by atoms with E-state index in [4.69, 9.17) is 11.6 Å². The smallest absolute Gasteiger partial charge is 0.255 e. The van der Waals surface area contributed by atoms with Crippen LogP contribution in [-0.4, -0.2) is 11.8 Å². The second-order valence-electron chi connectivity index (χ2n) is 6.65. The Kier molecular flexibility index (Phi) is 6.84. The molecule has 0 saturated carbocycles. The monoisotopic (exact) mass is 417 g/mol. The van der Waals surface area contributed by atoms with Gasteiger partial charge in [-0.05, 0) is 41.5 Å². The molecule has 0 radical (unpaired) electrons. The maximum absolute atomic E-state index is 12.6. The van der Waals surface area contributed by atoms with Gasteiger partial charge in [0.05, 0.1) is 12.0 Å². The van der Waals surface area contributed by atoms with Crippen molar-refractivity contribution in [1.29, 1.82) is 5.26 Å². The molecule has 3 aromatic carbocycles. The van der Waals surface area contributed by atoms with Crippen LogP contribution in [-0.2, 0) is 4.79 Å². The fourth-order valence-corrected chi connectivity index (χ4v) is 3.29. The Bertz CT molecular complexity index is 1110. The molecule has 0 saturated heterocycles. The number of carbonyl (C=O) groups is 2. The lowest BCUT2D eigenvalue weighted by Crippen LogP contribution is -2.14. The van der Waals surface area contributed by atoms with E-state index < -0.39 is 5.92 Å². The molecule has 0 aromatic heterocycles. The van der Waals surface area contributed by atoms with Gasteiger partial charge in [-0.25, -0.2) is 0 Å². The molecular weight excluding hydrogens is 398 g/mol. The van der Waals surface area contributed by atoms with Gasteiger partial charge in [-0.1, -0.05) is 61.0 Å². The van der Waals surface area contributed by atoms with Crippen molar-refractivity contribution in [3.63, 3.8) is 0 Å². The average Bonchev–Trinajstić information content (AvgIpc) is 2.76. The van der Waals surface area contributed by atoms with Crippen molar-refractivity contribution in [2.45, 2.75) is 19.3 Å². The molecule has 5 nitrogen and oxygen atoms in total. The summed E-state index contributed by atoms with van der Waals surface area (Å²) in [4.78, 5) is 24.2. The first-order valence-corrected chi connectivity index (χ1v) is 9.85. The highest BCUT2D eigenvalue weighted by atomic mass is 35.5. The van der Waals surface area contributed by atoms with Crippen LogP contribution in [0, 0.1) is 11.3 Å². The maximum atomic E-state index is 12.6. The number of rotatable bonds is 6. The van der Waals surface area contributed by atoms with E-state index in [-0.39, 0.29) is 11.8 Å². The van der Waals surface area contributed by atoms with E-state index in [0.717, 1.165) is 5.56 Å². The van der Waals surface area contributed by atoms with E-state index in [9.17, 15) is 14.9 Å². The minimum atomic E-state index is -0.498. The zero-order chi connectivity index (χ0) is 21.5. The molecule has 0 aliphatic heterocycles. The summed E-state index contributed by atoms with van der Waals surface area (Å²) in [7, 11) is 0. The summed E-state index contributed by atoms with van der Waals surface area (Å²) in [6, 6.07) is 23.5. The molecule has 0 aliphatic rings. The van der Waals surface area contributed by atoms with Gasteiger partial charge in [-0.3, -0.25) is 9.59 Å². The van der Waals surface area contributed by atoms with Crippen LogP contribution in [0.15, 0.2) is 72.8 Å². The lowest BCUT2D eigenvalue weighted by atomic mass is 9.92. The number of halogens is 1. The molecule has 0 fully saturated rings. The summed E-state index contributed by atoms with van der Waals surface area (Å²) in [6.45, 7) is 1.76. The van der Waals surface area contributed by atoms with Crippen LogP contribution < -0.4 is 10.6 Å². The zero-order valence-corrected chi connectivity index (χ0v) is 17.1. The first kappa shape index (κ1) is 21.1. The summed E-state index contributed by atoms with van der Waals surface area (Å²) in [5.74, 6) is -0.950. The van der Waals surface area contributed by atoms with Gasteiger partial charge in [0.15, 0.2) is 0 Å². The maximum Gasteiger partial charge on any atom is 0.255 e. The normalized spacial score (nSPS) is 11.2. The van der Waals surface area contributed by atoms with E-state index in [1.807, 2.05) is 30.3 Å². The molecule has 0 aliphatic carbocycles. The second-order valence-corrected chi connectivity index (χ2v) is 7.05.